The number of halogens is 3. The van der Waals surface area contributed by atoms with Crippen LogP contribution in [-0.2, 0) is 0 Å². The first-order valence-corrected chi connectivity index (χ1v) is 7.11. The van der Waals surface area contributed by atoms with Gasteiger partial charge < -0.3 is 0 Å². The summed E-state index contributed by atoms with van der Waals surface area (Å²) in [6.45, 7) is 1.93. The van der Waals surface area contributed by atoms with E-state index in [1.807, 2.05) is 13.0 Å². The Labute approximate surface area is 121 Å². The van der Waals surface area contributed by atoms with Gasteiger partial charge in [-0.15, -0.1) is 11.3 Å². The molecule has 1 aromatic heterocycles. The summed E-state index contributed by atoms with van der Waals surface area (Å²) in [4.78, 5) is 12.8. The highest BCUT2D eigenvalue weighted by molar-refractivity contribution is 9.10. The molecule has 0 spiro atoms. The van der Waals surface area contributed by atoms with Crippen molar-refractivity contribution < 1.29 is 4.79 Å². The van der Waals surface area contributed by atoms with Crippen molar-refractivity contribution >= 4 is 56.3 Å². The summed E-state index contributed by atoms with van der Waals surface area (Å²) in [6, 6.07) is 7.09. The van der Waals surface area contributed by atoms with Crippen LogP contribution < -0.4 is 0 Å². The molecule has 0 bridgehead atoms. The number of rotatable bonds is 2. The molecule has 0 fully saturated rings. The van der Waals surface area contributed by atoms with Crippen molar-refractivity contribution in [1.29, 1.82) is 0 Å². The number of hydrogen-bond acceptors (Lipinski definition) is 2. The number of carbonyl (C=O) groups is 1. The molecular weight excluding hydrogens is 343 g/mol. The maximum atomic E-state index is 12.2. The Hall–Kier alpha value is -0.350. The van der Waals surface area contributed by atoms with E-state index in [2.05, 4.69) is 15.9 Å². The molecule has 2 rings (SSSR count). The summed E-state index contributed by atoms with van der Waals surface area (Å²) in [6.07, 6.45) is 0. The number of ketones is 1. The molecule has 0 aliphatic heterocycles. The summed E-state index contributed by atoms with van der Waals surface area (Å²) >= 11 is 16.5. The van der Waals surface area contributed by atoms with E-state index in [4.69, 9.17) is 23.2 Å². The van der Waals surface area contributed by atoms with Gasteiger partial charge in [-0.1, -0.05) is 29.3 Å². The fourth-order valence-corrected chi connectivity index (χ4v) is 3.37. The van der Waals surface area contributed by atoms with Crippen LogP contribution in [0.4, 0.5) is 0 Å². The molecule has 88 valence electrons. The van der Waals surface area contributed by atoms with Crippen molar-refractivity contribution in [2.75, 3.05) is 0 Å². The van der Waals surface area contributed by atoms with Crippen LogP contribution >= 0.6 is 50.5 Å². The summed E-state index contributed by atoms with van der Waals surface area (Å²) in [5.74, 6) is -0.104. The Morgan fingerprint density at radius 1 is 1.29 bits per heavy atom. The van der Waals surface area contributed by atoms with E-state index in [9.17, 15) is 4.79 Å². The lowest BCUT2D eigenvalue weighted by molar-refractivity contribution is 0.104. The molecule has 0 N–H and O–H groups in total. The normalized spacial score (nSPS) is 10.6. The van der Waals surface area contributed by atoms with Gasteiger partial charge in [0.2, 0.25) is 5.78 Å². The van der Waals surface area contributed by atoms with Gasteiger partial charge in [-0.2, -0.15) is 0 Å². The zero-order chi connectivity index (χ0) is 12.6. The molecular formula is C12H7BrCl2OS. The number of aryl methyl sites for hydroxylation is 1. The average Bonchev–Trinajstić information content (AvgIpc) is 2.58. The summed E-state index contributed by atoms with van der Waals surface area (Å²) in [7, 11) is 0. The number of hydrogen-bond donors (Lipinski definition) is 0. The van der Waals surface area contributed by atoms with Crippen molar-refractivity contribution in [3.63, 3.8) is 0 Å². The van der Waals surface area contributed by atoms with Gasteiger partial charge in [0.15, 0.2) is 0 Å². The van der Waals surface area contributed by atoms with Gasteiger partial charge in [-0.05, 0) is 46.6 Å². The number of carbonyl (C=O) groups excluding carboxylic acids is 1. The van der Waals surface area contributed by atoms with Crippen LogP contribution in [0, 0.1) is 6.92 Å². The zero-order valence-electron chi connectivity index (χ0n) is 8.76. The lowest BCUT2D eigenvalue weighted by Gasteiger charge is -2.02. The first-order valence-electron chi connectivity index (χ1n) is 4.74. The predicted molar refractivity (Wildman–Crippen MR) is 76.7 cm³/mol. The molecule has 0 saturated carbocycles. The fourth-order valence-electron chi connectivity index (χ4n) is 1.40. The molecule has 1 aromatic carbocycles. The monoisotopic (exact) mass is 348 g/mol. The Kier molecular flexibility index (Phi) is 3.93. The lowest BCUT2D eigenvalue weighted by Crippen LogP contribution is -1.99. The van der Waals surface area contributed by atoms with Gasteiger partial charge in [0.1, 0.15) is 4.34 Å². The third kappa shape index (κ3) is 2.74. The summed E-state index contributed by atoms with van der Waals surface area (Å²) in [5, 5.41) is 0.468. The molecule has 1 nitrogen and oxygen atoms in total. The van der Waals surface area contributed by atoms with Crippen LogP contribution in [0.15, 0.2) is 28.7 Å². The average molecular weight is 350 g/mol. The van der Waals surface area contributed by atoms with E-state index in [0.717, 1.165) is 10.0 Å². The molecule has 0 atom stereocenters. The van der Waals surface area contributed by atoms with Gasteiger partial charge in [-0.25, -0.2) is 0 Å². The van der Waals surface area contributed by atoms with Crippen LogP contribution in [0.1, 0.15) is 20.8 Å². The van der Waals surface area contributed by atoms with Crippen LogP contribution in [-0.4, -0.2) is 5.78 Å². The van der Waals surface area contributed by atoms with E-state index in [-0.39, 0.29) is 5.78 Å². The van der Waals surface area contributed by atoms with Gasteiger partial charge in [-0.3, -0.25) is 4.79 Å². The smallest absolute Gasteiger partial charge is 0.204 e. The Balaban J connectivity index is 2.43. The molecule has 0 aliphatic carbocycles. The number of thiophene rings is 1. The van der Waals surface area contributed by atoms with Crippen LogP contribution in [0.3, 0.4) is 0 Å². The molecule has 0 amide bonds. The minimum Gasteiger partial charge on any atom is -0.288 e. The van der Waals surface area contributed by atoms with Gasteiger partial charge in [0.25, 0.3) is 0 Å². The zero-order valence-corrected chi connectivity index (χ0v) is 12.7. The van der Waals surface area contributed by atoms with Crippen molar-refractivity contribution in [2.24, 2.45) is 0 Å². The Morgan fingerprint density at radius 3 is 2.53 bits per heavy atom. The SMILES string of the molecule is Cc1ccc(C(=O)c2cc(Br)c(Cl)s2)c(Cl)c1. The molecule has 5 heteroatoms. The van der Waals surface area contributed by atoms with E-state index >= 15 is 0 Å². The maximum absolute atomic E-state index is 12.2. The molecule has 0 radical (unpaired) electrons. The molecule has 1 heterocycles. The highest BCUT2D eigenvalue weighted by atomic mass is 79.9. The van der Waals surface area contributed by atoms with Crippen LogP contribution in [0.2, 0.25) is 9.36 Å². The summed E-state index contributed by atoms with van der Waals surface area (Å²) in [5.41, 5.74) is 1.53. The minimum absolute atomic E-state index is 0.104. The first-order chi connectivity index (χ1) is 7.99. The highest BCUT2D eigenvalue weighted by Gasteiger charge is 2.16. The molecule has 17 heavy (non-hydrogen) atoms. The second-order valence-electron chi connectivity index (χ2n) is 3.54. The van der Waals surface area contributed by atoms with E-state index in [0.29, 0.717) is 19.8 Å². The van der Waals surface area contributed by atoms with Crippen molar-refractivity contribution in [2.45, 2.75) is 6.92 Å². The van der Waals surface area contributed by atoms with Crippen molar-refractivity contribution in [3.05, 3.63) is 54.1 Å². The Bertz CT molecular complexity index is 573. The van der Waals surface area contributed by atoms with E-state index in [1.54, 1.807) is 18.2 Å². The van der Waals surface area contributed by atoms with Crippen molar-refractivity contribution in [3.8, 4) is 0 Å². The van der Waals surface area contributed by atoms with Crippen LogP contribution in [0.5, 0.6) is 0 Å². The number of benzene rings is 1. The topological polar surface area (TPSA) is 17.1 Å². The molecule has 0 saturated heterocycles. The third-order valence-corrected chi connectivity index (χ3v) is 5.02. The quantitative estimate of drug-likeness (QED) is 0.667. The van der Waals surface area contributed by atoms with Gasteiger partial charge in [0.05, 0.1) is 9.90 Å². The third-order valence-electron chi connectivity index (χ3n) is 2.24. The lowest BCUT2D eigenvalue weighted by atomic mass is 10.1. The van der Waals surface area contributed by atoms with Gasteiger partial charge in [0, 0.05) is 10.0 Å². The molecule has 2 aromatic rings. The van der Waals surface area contributed by atoms with Gasteiger partial charge >= 0.3 is 0 Å². The molecule has 0 unspecified atom stereocenters. The Morgan fingerprint density at radius 2 is 2.00 bits per heavy atom. The predicted octanol–water partition coefficient (Wildman–Crippen LogP) is 5.36. The minimum atomic E-state index is -0.104. The second-order valence-corrected chi connectivity index (χ2v) is 6.46. The summed E-state index contributed by atoms with van der Waals surface area (Å²) < 4.78 is 1.30. The standard InChI is InChI=1S/C12H7BrCl2OS/c1-6-2-3-7(9(14)4-6)11(16)10-5-8(13)12(15)17-10/h2-5H,1H3. The van der Waals surface area contributed by atoms with E-state index in [1.165, 1.54) is 11.3 Å². The van der Waals surface area contributed by atoms with Crippen LogP contribution in [0.25, 0.3) is 0 Å². The first kappa shape index (κ1) is 13.1. The van der Waals surface area contributed by atoms with E-state index < -0.39 is 0 Å². The maximum Gasteiger partial charge on any atom is 0.204 e. The van der Waals surface area contributed by atoms with Crippen molar-refractivity contribution in [1.82, 2.24) is 0 Å². The second kappa shape index (κ2) is 5.11. The molecule has 0 aliphatic rings. The largest absolute Gasteiger partial charge is 0.288 e. The highest BCUT2D eigenvalue weighted by Crippen LogP contribution is 2.34. The fraction of sp³-hybridized carbons (Fsp3) is 0.0833.